The van der Waals surface area contributed by atoms with Crippen molar-refractivity contribution in [2.75, 3.05) is 13.2 Å². The molecule has 1 atom stereocenters. The van der Waals surface area contributed by atoms with Gasteiger partial charge in [0.15, 0.2) is 0 Å². The lowest BCUT2D eigenvalue weighted by Crippen LogP contribution is -2.32. The summed E-state index contributed by atoms with van der Waals surface area (Å²) >= 11 is 0. The van der Waals surface area contributed by atoms with Crippen LogP contribution in [-0.4, -0.2) is 35.3 Å². The first-order valence-corrected chi connectivity index (χ1v) is 7.03. The zero-order valence-electron chi connectivity index (χ0n) is 11.8. The van der Waals surface area contributed by atoms with E-state index in [1.807, 2.05) is 12.1 Å². The van der Waals surface area contributed by atoms with Crippen molar-refractivity contribution in [1.29, 1.82) is 0 Å². The predicted octanol–water partition coefficient (Wildman–Crippen LogP) is 1.95. The Bertz CT molecular complexity index is 618. The molecule has 3 heterocycles. The number of amides is 1. The van der Waals surface area contributed by atoms with Crippen LogP contribution < -0.4 is 5.32 Å². The van der Waals surface area contributed by atoms with Gasteiger partial charge in [-0.1, -0.05) is 11.2 Å². The van der Waals surface area contributed by atoms with Gasteiger partial charge in [0, 0.05) is 19.3 Å². The Morgan fingerprint density at radius 1 is 1.48 bits per heavy atom. The number of hydrogen-bond donors (Lipinski definition) is 1. The zero-order chi connectivity index (χ0) is 14.7. The third kappa shape index (κ3) is 2.95. The van der Waals surface area contributed by atoms with E-state index in [4.69, 9.17) is 9.26 Å². The number of nitrogens with one attached hydrogen (secondary N) is 1. The molecule has 21 heavy (non-hydrogen) atoms. The molecule has 2 aromatic rings. The summed E-state index contributed by atoms with van der Waals surface area (Å²) in [5.41, 5.74) is 1.53. The number of aromatic nitrogens is 2. The number of nitrogens with zero attached hydrogens (tertiary/aromatic N) is 2. The smallest absolute Gasteiger partial charge is 0.257 e. The maximum absolute atomic E-state index is 12.4. The summed E-state index contributed by atoms with van der Waals surface area (Å²) in [6, 6.07) is 5.46. The Morgan fingerprint density at radius 3 is 3.10 bits per heavy atom. The van der Waals surface area contributed by atoms with Crippen LogP contribution in [0.4, 0.5) is 0 Å². The topological polar surface area (TPSA) is 77.2 Å². The SMILES string of the molecule is Cc1onc(-c2ccccn2)c1C(=O)NC[C@H]1CCCO1. The van der Waals surface area contributed by atoms with Crippen molar-refractivity contribution in [2.24, 2.45) is 0 Å². The van der Waals surface area contributed by atoms with Gasteiger partial charge in [-0.3, -0.25) is 9.78 Å². The minimum Gasteiger partial charge on any atom is -0.376 e. The lowest BCUT2D eigenvalue weighted by Gasteiger charge is -2.10. The van der Waals surface area contributed by atoms with Gasteiger partial charge in [0.2, 0.25) is 0 Å². The van der Waals surface area contributed by atoms with E-state index >= 15 is 0 Å². The van der Waals surface area contributed by atoms with Crippen LogP contribution in [-0.2, 0) is 4.74 Å². The third-order valence-electron chi connectivity index (χ3n) is 3.51. The van der Waals surface area contributed by atoms with Crippen LogP contribution in [0.3, 0.4) is 0 Å². The van der Waals surface area contributed by atoms with Crippen LogP contribution in [0.25, 0.3) is 11.4 Å². The number of aryl methyl sites for hydroxylation is 1. The van der Waals surface area contributed by atoms with Gasteiger partial charge in [0.25, 0.3) is 5.91 Å². The van der Waals surface area contributed by atoms with E-state index in [0.717, 1.165) is 19.4 Å². The second kappa shape index (κ2) is 6.05. The van der Waals surface area contributed by atoms with Gasteiger partial charge in [-0.15, -0.1) is 0 Å². The predicted molar refractivity (Wildman–Crippen MR) is 75.8 cm³/mol. The van der Waals surface area contributed by atoms with Crippen molar-refractivity contribution in [1.82, 2.24) is 15.5 Å². The Hall–Kier alpha value is -2.21. The van der Waals surface area contributed by atoms with Gasteiger partial charge in [-0.05, 0) is 31.9 Å². The number of pyridine rings is 1. The second-order valence-corrected chi connectivity index (χ2v) is 5.02. The van der Waals surface area contributed by atoms with Gasteiger partial charge in [0.1, 0.15) is 17.0 Å². The maximum atomic E-state index is 12.4. The van der Waals surface area contributed by atoms with Crippen molar-refractivity contribution in [2.45, 2.75) is 25.9 Å². The number of rotatable bonds is 4. The minimum atomic E-state index is -0.204. The molecule has 1 amide bonds. The van der Waals surface area contributed by atoms with Crippen molar-refractivity contribution in [3.05, 3.63) is 35.7 Å². The van der Waals surface area contributed by atoms with Gasteiger partial charge in [-0.2, -0.15) is 0 Å². The summed E-state index contributed by atoms with van der Waals surface area (Å²) in [4.78, 5) is 16.6. The molecular weight excluding hydrogens is 270 g/mol. The van der Waals surface area contributed by atoms with Crippen LogP contribution in [0, 0.1) is 6.92 Å². The highest BCUT2D eigenvalue weighted by atomic mass is 16.5. The lowest BCUT2D eigenvalue weighted by atomic mass is 10.1. The highest BCUT2D eigenvalue weighted by molar-refractivity contribution is 6.00. The molecule has 110 valence electrons. The zero-order valence-corrected chi connectivity index (χ0v) is 11.8. The monoisotopic (exact) mass is 287 g/mol. The first kappa shape index (κ1) is 13.8. The molecule has 0 unspecified atom stereocenters. The summed E-state index contributed by atoms with van der Waals surface area (Å²) in [5.74, 6) is 0.283. The summed E-state index contributed by atoms with van der Waals surface area (Å²) in [5, 5.41) is 6.84. The molecule has 0 saturated carbocycles. The largest absolute Gasteiger partial charge is 0.376 e. The van der Waals surface area contributed by atoms with E-state index < -0.39 is 0 Å². The average molecular weight is 287 g/mol. The summed E-state index contributed by atoms with van der Waals surface area (Å²) in [7, 11) is 0. The van der Waals surface area contributed by atoms with Gasteiger partial charge in [0.05, 0.1) is 11.8 Å². The maximum Gasteiger partial charge on any atom is 0.257 e. The van der Waals surface area contributed by atoms with Crippen LogP contribution in [0.15, 0.2) is 28.9 Å². The van der Waals surface area contributed by atoms with Gasteiger partial charge in [-0.25, -0.2) is 0 Å². The first-order chi connectivity index (χ1) is 10.3. The Morgan fingerprint density at radius 2 is 2.38 bits per heavy atom. The number of hydrogen-bond acceptors (Lipinski definition) is 5. The fourth-order valence-corrected chi connectivity index (χ4v) is 2.42. The van der Waals surface area contributed by atoms with E-state index in [0.29, 0.717) is 29.3 Å². The normalized spacial score (nSPS) is 17.9. The number of carbonyl (C=O) groups is 1. The standard InChI is InChI=1S/C15H17N3O3/c1-10-13(15(19)17-9-11-5-4-8-20-11)14(18-21-10)12-6-2-3-7-16-12/h2-3,6-7,11H,4-5,8-9H2,1H3,(H,17,19)/t11-/m1/s1. The summed E-state index contributed by atoms with van der Waals surface area (Å²) in [6.07, 6.45) is 3.79. The molecule has 0 spiro atoms. The van der Waals surface area contributed by atoms with Crippen LogP contribution >= 0.6 is 0 Å². The van der Waals surface area contributed by atoms with Crippen molar-refractivity contribution in [3.63, 3.8) is 0 Å². The quantitative estimate of drug-likeness (QED) is 0.930. The first-order valence-electron chi connectivity index (χ1n) is 7.03. The number of ether oxygens (including phenoxy) is 1. The molecule has 1 fully saturated rings. The Kier molecular flexibility index (Phi) is 3.96. The van der Waals surface area contributed by atoms with Crippen molar-refractivity contribution >= 4 is 5.91 Å². The molecular formula is C15H17N3O3. The lowest BCUT2D eigenvalue weighted by molar-refractivity contribution is 0.0857. The van der Waals surface area contributed by atoms with Crippen molar-refractivity contribution in [3.8, 4) is 11.4 Å². The van der Waals surface area contributed by atoms with Crippen molar-refractivity contribution < 1.29 is 14.1 Å². The molecule has 1 aliphatic rings. The Labute approximate surface area is 122 Å². The summed E-state index contributed by atoms with van der Waals surface area (Å²) < 4.78 is 10.7. The molecule has 6 heteroatoms. The van der Waals surface area contributed by atoms with Crippen LogP contribution in [0.1, 0.15) is 29.0 Å². The highest BCUT2D eigenvalue weighted by Crippen LogP contribution is 2.23. The molecule has 0 radical (unpaired) electrons. The Balaban J connectivity index is 1.78. The fraction of sp³-hybridized carbons (Fsp3) is 0.400. The molecule has 1 saturated heterocycles. The molecule has 3 rings (SSSR count). The second-order valence-electron chi connectivity index (χ2n) is 5.02. The molecule has 0 aliphatic carbocycles. The molecule has 0 bridgehead atoms. The molecule has 1 N–H and O–H groups in total. The molecule has 6 nitrogen and oxygen atoms in total. The van der Waals surface area contributed by atoms with Gasteiger partial charge < -0.3 is 14.6 Å². The van der Waals surface area contributed by atoms with E-state index in [9.17, 15) is 4.79 Å². The van der Waals surface area contributed by atoms with Gasteiger partial charge >= 0.3 is 0 Å². The molecule has 0 aromatic carbocycles. The fourth-order valence-electron chi connectivity index (χ4n) is 2.42. The van der Waals surface area contributed by atoms with Crippen LogP contribution in [0.2, 0.25) is 0 Å². The van der Waals surface area contributed by atoms with E-state index in [-0.39, 0.29) is 12.0 Å². The van der Waals surface area contributed by atoms with Crippen LogP contribution in [0.5, 0.6) is 0 Å². The molecule has 2 aromatic heterocycles. The average Bonchev–Trinajstić information content (AvgIpc) is 3.15. The third-order valence-corrected chi connectivity index (χ3v) is 3.51. The minimum absolute atomic E-state index is 0.104. The van der Waals surface area contributed by atoms with E-state index in [1.165, 1.54) is 0 Å². The molecule has 1 aliphatic heterocycles. The number of carbonyl (C=O) groups excluding carboxylic acids is 1. The van der Waals surface area contributed by atoms with E-state index in [2.05, 4.69) is 15.5 Å². The summed E-state index contributed by atoms with van der Waals surface area (Å²) in [6.45, 7) is 3.00. The highest BCUT2D eigenvalue weighted by Gasteiger charge is 2.23. The van der Waals surface area contributed by atoms with E-state index in [1.54, 1.807) is 19.2 Å².